The van der Waals surface area contributed by atoms with Gasteiger partial charge in [0.05, 0.1) is 12.9 Å². The molecule has 1 N–H and O–H groups in total. The minimum Gasteiger partial charge on any atom is -0.467 e. The number of furan rings is 1. The van der Waals surface area contributed by atoms with Crippen molar-refractivity contribution in [2.24, 2.45) is 0 Å². The van der Waals surface area contributed by atoms with Gasteiger partial charge in [0.15, 0.2) is 0 Å². The number of imidazole rings is 1. The van der Waals surface area contributed by atoms with Crippen molar-refractivity contribution in [1.82, 2.24) is 4.57 Å². The molecule has 2 heterocycles. The molecular weight excluding hydrogens is 316 g/mol. The van der Waals surface area contributed by atoms with E-state index in [0.29, 0.717) is 13.2 Å². The van der Waals surface area contributed by atoms with Crippen molar-refractivity contribution in [3.63, 3.8) is 0 Å². The third kappa shape index (κ3) is 5.17. The van der Waals surface area contributed by atoms with Crippen molar-refractivity contribution in [1.29, 1.82) is 0 Å². The monoisotopic (exact) mass is 339 g/mol. The maximum absolute atomic E-state index is 10.1. The number of hydrogen-bond donors (Lipinski definition) is 1. The lowest BCUT2D eigenvalue weighted by Crippen LogP contribution is -2.32. The zero-order chi connectivity index (χ0) is 17.5. The van der Waals surface area contributed by atoms with Gasteiger partial charge in [0.2, 0.25) is 6.33 Å². The summed E-state index contributed by atoms with van der Waals surface area (Å²) in [6.07, 6.45) is 8.81. The molecule has 5 nitrogen and oxygen atoms in total. The Hall–Kier alpha value is -2.63. The number of rotatable bonds is 9. The standard InChI is InChI=1S/C20H23N2O3/c1-2-17-5-7-18(8-6-17)12-21-9-10-22(16-21)13-19(23)14-24-15-20-4-3-11-25-20/h2-11,16,19,23H,1,12-15H2/q+1. The van der Waals surface area contributed by atoms with Crippen molar-refractivity contribution >= 4 is 6.08 Å². The van der Waals surface area contributed by atoms with Crippen LogP contribution in [0.25, 0.3) is 6.08 Å². The Morgan fingerprint density at radius 2 is 2.12 bits per heavy atom. The van der Waals surface area contributed by atoms with Crippen LogP contribution in [0.3, 0.4) is 0 Å². The molecule has 25 heavy (non-hydrogen) atoms. The average Bonchev–Trinajstić information content (AvgIpc) is 3.28. The van der Waals surface area contributed by atoms with Crippen LogP contribution in [0.2, 0.25) is 0 Å². The summed E-state index contributed by atoms with van der Waals surface area (Å²) in [7, 11) is 0. The Morgan fingerprint density at radius 3 is 2.84 bits per heavy atom. The second-order valence-corrected chi connectivity index (χ2v) is 5.98. The summed E-state index contributed by atoms with van der Waals surface area (Å²) in [5, 5.41) is 10.1. The molecule has 1 aromatic carbocycles. The smallest absolute Gasteiger partial charge is 0.244 e. The number of aliphatic hydroxyl groups is 1. The minimum atomic E-state index is -0.567. The zero-order valence-electron chi connectivity index (χ0n) is 14.1. The lowest BCUT2D eigenvalue weighted by atomic mass is 10.1. The van der Waals surface area contributed by atoms with Gasteiger partial charge in [-0.25, -0.2) is 9.13 Å². The third-order valence-electron chi connectivity index (χ3n) is 3.88. The Bertz CT molecular complexity index is 776. The number of nitrogens with zero attached hydrogens (tertiary/aromatic N) is 2. The Morgan fingerprint density at radius 1 is 1.28 bits per heavy atom. The molecule has 1 atom stereocenters. The predicted molar refractivity (Wildman–Crippen MR) is 94.6 cm³/mol. The third-order valence-corrected chi connectivity index (χ3v) is 3.88. The van der Waals surface area contributed by atoms with Crippen molar-refractivity contribution in [3.8, 4) is 0 Å². The van der Waals surface area contributed by atoms with Gasteiger partial charge in [0.1, 0.15) is 44.0 Å². The fourth-order valence-electron chi connectivity index (χ4n) is 2.60. The largest absolute Gasteiger partial charge is 0.467 e. The van der Waals surface area contributed by atoms with Gasteiger partial charge >= 0.3 is 0 Å². The second-order valence-electron chi connectivity index (χ2n) is 5.98. The van der Waals surface area contributed by atoms with Crippen LogP contribution in [0.4, 0.5) is 0 Å². The first-order valence-corrected chi connectivity index (χ1v) is 8.27. The highest BCUT2D eigenvalue weighted by Crippen LogP contribution is 2.05. The van der Waals surface area contributed by atoms with E-state index in [4.69, 9.17) is 9.15 Å². The van der Waals surface area contributed by atoms with Crippen molar-refractivity contribution in [3.05, 3.63) is 84.8 Å². The highest BCUT2D eigenvalue weighted by molar-refractivity contribution is 5.47. The normalized spacial score (nSPS) is 12.2. The van der Waals surface area contributed by atoms with Gasteiger partial charge in [-0.1, -0.05) is 36.9 Å². The molecule has 0 saturated carbocycles. The molecular formula is C20H23N2O3+. The van der Waals surface area contributed by atoms with Crippen LogP contribution in [-0.4, -0.2) is 22.4 Å². The highest BCUT2D eigenvalue weighted by atomic mass is 16.5. The summed E-state index contributed by atoms with van der Waals surface area (Å²) in [6.45, 7) is 5.67. The second kappa shape index (κ2) is 8.46. The van der Waals surface area contributed by atoms with Crippen LogP contribution < -0.4 is 4.57 Å². The number of ether oxygens (including phenoxy) is 1. The van der Waals surface area contributed by atoms with Crippen molar-refractivity contribution in [2.45, 2.75) is 25.8 Å². The Labute approximate surface area is 147 Å². The summed E-state index contributed by atoms with van der Waals surface area (Å²) < 4.78 is 14.7. The molecule has 0 fully saturated rings. The molecule has 0 bridgehead atoms. The van der Waals surface area contributed by atoms with Gasteiger partial charge in [-0.3, -0.25) is 0 Å². The predicted octanol–water partition coefficient (Wildman–Crippen LogP) is 2.64. The Kier molecular flexibility index (Phi) is 5.82. The molecule has 2 aromatic heterocycles. The number of benzene rings is 1. The van der Waals surface area contributed by atoms with E-state index < -0.39 is 6.10 Å². The van der Waals surface area contributed by atoms with Gasteiger partial charge in [-0.05, 0) is 23.3 Å². The van der Waals surface area contributed by atoms with E-state index in [1.807, 2.05) is 41.5 Å². The Balaban J connectivity index is 1.46. The fraction of sp³-hybridized carbons (Fsp3) is 0.250. The van der Waals surface area contributed by atoms with Crippen LogP contribution in [0.5, 0.6) is 0 Å². The SMILES string of the molecule is C=Cc1ccc(C[n+]2ccn(CC(O)COCc3ccco3)c2)cc1. The van der Waals surface area contributed by atoms with E-state index in [9.17, 15) is 5.11 Å². The molecule has 0 aliphatic carbocycles. The molecule has 3 rings (SSSR count). The molecule has 5 heteroatoms. The van der Waals surface area contributed by atoms with E-state index in [0.717, 1.165) is 17.9 Å². The van der Waals surface area contributed by atoms with Crippen LogP contribution in [0.15, 0.2) is 72.4 Å². The van der Waals surface area contributed by atoms with Crippen LogP contribution in [0, 0.1) is 0 Å². The lowest BCUT2D eigenvalue weighted by molar-refractivity contribution is -0.687. The number of aromatic nitrogens is 2. The summed E-state index contributed by atoms with van der Waals surface area (Å²) >= 11 is 0. The van der Waals surface area contributed by atoms with Gasteiger partial charge in [0.25, 0.3) is 0 Å². The van der Waals surface area contributed by atoms with Gasteiger partial charge in [-0.2, -0.15) is 0 Å². The maximum Gasteiger partial charge on any atom is 0.244 e. The first-order chi connectivity index (χ1) is 12.2. The lowest BCUT2D eigenvalue weighted by Gasteiger charge is -2.08. The summed E-state index contributed by atoms with van der Waals surface area (Å²) in [5.41, 5.74) is 2.33. The number of aliphatic hydroxyl groups excluding tert-OH is 1. The summed E-state index contributed by atoms with van der Waals surface area (Å²) in [5.74, 6) is 0.758. The van der Waals surface area contributed by atoms with Crippen molar-refractivity contribution in [2.75, 3.05) is 6.61 Å². The average molecular weight is 339 g/mol. The topological polar surface area (TPSA) is 51.4 Å². The highest BCUT2D eigenvalue weighted by Gasteiger charge is 2.11. The molecule has 1 unspecified atom stereocenters. The summed E-state index contributed by atoms with van der Waals surface area (Å²) in [6, 6.07) is 12.0. The van der Waals surface area contributed by atoms with E-state index in [-0.39, 0.29) is 6.61 Å². The zero-order valence-corrected chi connectivity index (χ0v) is 14.1. The van der Waals surface area contributed by atoms with Gasteiger partial charge < -0.3 is 14.3 Å². The minimum absolute atomic E-state index is 0.266. The van der Waals surface area contributed by atoms with Gasteiger partial charge in [-0.15, -0.1) is 0 Å². The molecule has 0 aliphatic rings. The first kappa shape index (κ1) is 17.2. The molecule has 3 aromatic rings. The first-order valence-electron chi connectivity index (χ1n) is 8.27. The van der Waals surface area contributed by atoms with E-state index in [1.54, 1.807) is 6.26 Å². The number of hydrogen-bond acceptors (Lipinski definition) is 3. The molecule has 0 radical (unpaired) electrons. The van der Waals surface area contributed by atoms with Crippen molar-refractivity contribution < 1.29 is 18.8 Å². The van der Waals surface area contributed by atoms with Crippen LogP contribution in [-0.2, 0) is 24.4 Å². The van der Waals surface area contributed by atoms with E-state index in [2.05, 4.69) is 35.4 Å². The van der Waals surface area contributed by atoms with Crippen LogP contribution in [0.1, 0.15) is 16.9 Å². The summed E-state index contributed by atoms with van der Waals surface area (Å²) in [4.78, 5) is 0. The maximum atomic E-state index is 10.1. The quantitative estimate of drug-likeness (QED) is 0.610. The molecule has 0 amide bonds. The van der Waals surface area contributed by atoms with Crippen LogP contribution >= 0.6 is 0 Å². The fourth-order valence-corrected chi connectivity index (χ4v) is 2.60. The molecule has 0 spiro atoms. The molecule has 0 aliphatic heterocycles. The van der Waals surface area contributed by atoms with E-state index in [1.165, 1.54) is 5.56 Å². The van der Waals surface area contributed by atoms with E-state index >= 15 is 0 Å². The van der Waals surface area contributed by atoms with Gasteiger partial charge in [0, 0.05) is 0 Å². The molecule has 130 valence electrons. The molecule has 0 saturated heterocycles.